The molecule has 2 rings (SSSR count). The molecule has 0 aliphatic carbocycles. The third kappa shape index (κ3) is 2.90. The molecule has 20 heavy (non-hydrogen) atoms. The van der Waals surface area contributed by atoms with E-state index in [1.54, 1.807) is 42.5 Å². The van der Waals surface area contributed by atoms with Crippen LogP contribution in [0.2, 0.25) is 0 Å². The van der Waals surface area contributed by atoms with Crippen molar-refractivity contribution in [1.82, 2.24) is 0 Å². The fourth-order valence-corrected chi connectivity index (χ4v) is 1.82. The molecule has 4 heteroatoms. The number of Topliss-reactive ketones (excluding diaryl/α,β-unsaturated/α-hetero) is 1. The number of nitrogens with zero attached hydrogens (tertiary/aromatic N) is 1. The normalized spacial score (nSPS) is 9.60. The molecule has 0 aromatic heterocycles. The number of hydrogen-bond acceptors (Lipinski definition) is 3. The lowest BCUT2D eigenvalue weighted by Gasteiger charge is -2.09. The van der Waals surface area contributed by atoms with Crippen molar-refractivity contribution in [1.29, 1.82) is 5.26 Å². The van der Waals surface area contributed by atoms with Gasteiger partial charge in [-0.1, -0.05) is 18.2 Å². The van der Waals surface area contributed by atoms with Gasteiger partial charge in [0.1, 0.15) is 0 Å². The van der Waals surface area contributed by atoms with Gasteiger partial charge in [0.25, 0.3) is 5.91 Å². The number of amides is 1. The van der Waals surface area contributed by atoms with Gasteiger partial charge < -0.3 is 5.32 Å². The quantitative estimate of drug-likeness (QED) is 0.866. The second kappa shape index (κ2) is 5.81. The van der Waals surface area contributed by atoms with Crippen molar-refractivity contribution < 1.29 is 9.59 Å². The topological polar surface area (TPSA) is 70.0 Å². The van der Waals surface area contributed by atoms with E-state index in [9.17, 15) is 9.59 Å². The number of benzene rings is 2. The highest BCUT2D eigenvalue weighted by molar-refractivity contribution is 6.09. The van der Waals surface area contributed by atoms with Crippen molar-refractivity contribution in [3.63, 3.8) is 0 Å². The van der Waals surface area contributed by atoms with E-state index in [2.05, 4.69) is 5.32 Å². The van der Waals surface area contributed by atoms with E-state index < -0.39 is 0 Å². The van der Waals surface area contributed by atoms with E-state index in [-0.39, 0.29) is 11.7 Å². The molecule has 1 N–H and O–H groups in total. The lowest BCUT2D eigenvalue weighted by atomic mass is 10.1. The van der Waals surface area contributed by atoms with Crippen LogP contribution in [-0.4, -0.2) is 11.7 Å². The van der Waals surface area contributed by atoms with E-state index in [4.69, 9.17) is 5.26 Å². The zero-order valence-electron chi connectivity index (χ0n) is 10.9. The minimum atomic E-state index is -0.351. The molecule has 0 unspecified atom stereocenters. The van der Waals surface area contributed by atoms with Gasteiger partial charge in [0.05, 0.1) is 17.3 Å². The lowest BCUT2D eigenvalue weighted by Crippen LogP contribution is -2.14. The molecule has 0 heterocycles. The van der Waals surface area contributed by atoms with Crippen molar-refractivity contribution in [3.05, 3.63) is 65.2 Å². The highest BCUT2D eigenvalue weighted by Crippen LogP contribution is 2.17. The Kier molecular flexibility index (Phi) is 3.92. The van der Waals surface area contributed by atoms with Crippen LogP contribution in [0.5, 0.6) is 0 Å². The van der Waals surface area contributed by atoms with Gasteiger partial charge in [-0.3, -0.25) is 9.59 Å². The van der Waals surface area contributed by atoms with Crippen LogP contribution in [0.4, 0.5) is 5.69 Å². The van der Waals surface area contributed by atoms with Crippen LogP contribution in [0.3, 0.4) is 0 Å². The molecule has 0 aliphatic rings. The van der Waals surface area contributed by atoms with E-state index >= 15 is 0 Å². The Morgan fingerprint density at radius 3 is 2.55 bits per heavy atom. The minimum absolute atomic E-state index is 0.119. The Bertz CT molecular complexity index is 714. The number of ketones is 1. The molecule has 0 aliphatic heterocycles. The smallest absolute Gasteiger partial charge is 0.255 e. The number of carbonyl (C=O) groups is 2. The van der Waals surface area contributed by atoms with Crippen LogP contribution in [-0.2, 0) is 0 Å². The Morgan fingerprint density at radius 1 is 1.10 bits per heavy atom. The van der Waals surface area contributed by atoms with Gasteiger partial charge in [-0.25, -0.2) is 0 Å². The number of para-hydroxylation sites is 1. The highest BCUT2D eigenvalue weighted by Gasteiger charge is 2.11. The average molecular weight is 264 g/mol. The molecule has 0 atom stereocenters. The van der Waals surface area contributed by atoms with Crippen molar-refractivity contribution in [2.24, 2.45) is 0 Å². The zero-order chi connectivity index (χ0) is 14.5. The summed E-state index contributed by atoms with van der Waals surface area (Å²) < 4.78 is 0. The molecule has 98 valence electrons. The van der Waals surface area contributed by atoms with Gasteiger partial charge in [0, 0.05) is 11.1 Å². The van der Waals surface area contributed by atoms with Gasteiger partial charge in [-0.05, 0) is 37.3 Å². The van der Waals surface area contributed by atoms with Crippen LogP contribution < -0.4 is 5.32 Å². The molecular weight excluding hydrogens is 252 g/mol. The van der Waals surface area contributed by atoms with E-state index in [1.165, 1.54) is 13.0 Å². The molecule has 2 aromatic rings. The zero-order valence-corrected chi connectivity index (χ0v) is 10.9. The summed E-state index contributed by atoms with van der Waals surface area (Å²) in [6.07, 6.45) is 0. The van der Waals surface area contributed by atoms with Gasteiger partial charge >= 0.3 is 0 Å². The summed E-state index contributed by atoms with van der Waals surface area (Å²) >= 11 is 0. The maximum atomic E-state index is 12.1. The standard InChI is InChI=1S/C16H12N2O2/c1-11(19)14-7-2-3-8-15(14)18-16(20)13-6-4-5-12(9-13)10-17/h2-9H,1H3,(H,18,20). The van der Waals surface area contributed by atoms with Gasteiger partial charge in [-0.15, -0.1) is 0 Å². The Morgan fingerprint density at radius 2 is 1.85 bits per heavy atom. The van der Waals surface area contributed by atoms with Crippen molar-refractivity contribution in [3.8, 4) is 6.07 Å². The summed E-state index contributed by atoms with van der Waals surface area (Å²) in [5.41, 5.74) is 1.71. The largest absolute Gasteiger partial charge is 0.321 e. The van der Waals surface area contributed by atoms with Crippen molar-refractivity contribution in [2.75, 3.05) is 5.32 Å². The number of nitrogens with one attached hydrogen (secondary N) is 1. The summed E-state index contributed by atoms with van der Waals surface area (Å²) in [4.78, 5) is 23.6. The third-order valence-corrected chi connectivity index (χ3v) is 2.81. The fraction of sp³-hybridized carbons (Fsp3) is 0.0625. The average Bonchev–Trinajstić information content (AvgIpc) is 2.47. The minimum Gasteiger partial charge on any atom is -0.321 e. The van der Waals surface area contributed by atoms with E-state index in [0.29, 0.717) is 22.4 Å². The van der Waals surface area contributed by atoms with Crippen LogP contribution in [0.25, 0.3) is 0 Å². The second-order valence-electron chi connectivity index (χ2n) is 4.25. The maximum Gasteiger partial charge on any atom is 0.255 e. The monoisotopic (exact) mass is 264 g/mol. The molecule has 0 saturated heterocycles. The Labute approximate surface area is 116 Å². The summed E-state index contributed by atoms with van der Waals surface area (Å²) in [6, 6.07) is 15.2. The first kappa shape index (κ1) is 13.5. The summed E-state index contributed by atoms with van der Waals surface area (Å²) in [6.45, 7) is 1.45. The molecule has 0 radical (unpaired) electrons. The fourth-order valence-electron chi connectivity index (χ4n) is 1.82. The SMILES string of the molecule is CC(=O)c1ccccc1NC(=O)c1cccc(C#N)c1. The summed E-state index contributed by atoms with van der Waals surface area (Å²) in [5.74, 6) is -0.470. The molecule has 0 saturated carbocycles. The van der Waals surface area contributed by atoms with Crippen molar-refractivity contribution in [2.45, 2.75) is 6.92 Å². The van der Waals surface area contributed by atoms with Gasteiger partial charge in [0.2, 0.25) is 0 Å². The van der Waals surface area contributed by atoms with E-state index in [1.807, 2.05) is 6.07 Å². The second-order valence-corrected chi connectivity index (χ2v) is 4.25. The van der Waals surface area contributed by atoms with Crippen LogP contribution in [0, 0.1) is 11.3 Å². The van der Waals surface area contributed by atoms with Gasteiger partial charge in [0.15, 0.2) is 5.78 Å². The maximum absolute atomic E-state index is 12.1. The van der Waals surface area contributed by atoms with Crippen LogP contribution in [0.15, 0.2) is 48.5 Å². The Hall–Kier alpha value is -2.93. The number of hydrogen-bond donors (Lipinski definition) is 1. The van der Waals surface area contributed by atoms with Crippen LogP contribution in [0.1, 0.15) is 33.2 Å². The third-order valence-electron chi connectivity index (χ3n) is 2.81. The number of nitriles is 1. The van der Waals surface area contributed by atoms with Gasteiger partial charge in [-0.2, -0.15) is 5.26 Å². The van der Waals surface area contributed by atoms with Crippen molar-refractivity contribution >= 4 is 17.4 Å². The molecule has 0 fully saturated rings. The molecular formula is C16H12N2O2. The number of carbonyl (C=O) groups excluding carboxylic acids is 2. The summed E-state index contributed by atoms with van der Waals surface area (Å²) in [5, 5.41) is 11.5. The molecule has 4 nitrogen and oxygen atoms in total. The van der Waals surface area contributed by atoms with E-state index in [0.717, 1.165) is 0 Å². The first-order valence-electron chi connectivity index (χ1n) is 6.03. The number of anilines is 1. The lowest BCUT2D eigenvalue weighted by molar-refractivity contribution is 0.101. The highest BCUT2D eigenvalue weighted by atomic mass is 16.1. The predicted molar refractivity (Wildman–Crippen MR) is 75.6 cm³/mol. The predicted octanol–water partition coefficient (Wildman–Crippen LogP) is 3.01. The molecule has 2 aromatic carbocycles. The summed E-state index contributed by atoms with van der Waals surface area (Å²) in [7, 11) is 0. The van der Waals surface area contributed by atoms with Crippen LogP contribution >= 0.6 is 0 Å². The first-order chi connectivity index (χ1) is 9.61. The molecule has 0 bridgehead atoms. The molecule has 0 spiro atoms. The first-order valence-corrected chi connectivity index (χ1v) is 6.03. The Balaban J connectivity index is 2.28. The number of rotatable bonds is 3. The molecule has 1 amide bonds.